The van der Waals surface area contributed by atoms with Crippen molar-refractivity contribution in [3.63, 3.8) is 0 Å². The first-order valence-corrected chi connectivity index (χ1v) is 17.1. The first-order valence-electron chi connectivity index (χ1n) is 15.7. The Bertz CT molecular complexity index is 1710. The Morgan fingerprint density at radius 1 is 0.848 bits per heavy atom. The minimum atomic E-state index is -4.18. The van der Waals surface area contributed by atoms with Crippen molar-refractivity contribution >= 4 is 27.5 Å². The number of para-hydroxylation sites is 1. The predicted molar refractivity (Wildman–Crippen MR) is 180 cm³/mol. The maximum absolute atomic E-state index is 14.6. The second-order valence-electron chi connectivity index (χ2n) is 11.7. The van der Waals surface area contributed by atoms with Crippen LogP contribution in [0.2, 0.25) is 0 Å². The summed E-state index contributed by atoms with van der Waals surface area (Å²) in [6, 6.07) is 31.2. The quantitative estimate of drug-likeness (QED) is 0.197. The molecule has 4 aromatic rings. The van der Waals surface area contributed by atoms with Crippen LogP contribution in [0.5, 0.6) is 5.75 Å². The third-order valence-corrected chi connectivity index (χ3v) is 10.3. The Kier molecular flexibility index (Phi) is 10.8. The van der Waals surface area contributed by atoms with Crippen molar-refractivity contribution in [3.05, 3.63) is 126 Å². The van der Waals surface area contributed by atoms with Crippen LogP contribution < -0.4 is 14.4 Å². The van der Waals surface area contributed by atoms with Crippen molar-refractivity contribution < 1.29 is 22.7 Å². The lowest BCUT2D eigenvalue weighted by molar-refractivity contribution is -0.140. The highest BCUT2D eigenvalue weighted by atomic mass is 32.2. The van der Waals surface area contributed by atoms with Crippen LogP contribution in [0, 0.1) is 6.92 Å². The number of amides is 2. The van der Waals surface area contributed by atoms with E-state index < -0.39 is 28.5 Å². The standard InChI is InChI=1S/C37H41N3O5S/c1-28-13-9-10-16-30(28)26-39(35(25-29-14-5-3-6-15-29)37(42)38-31-17-11-12-18-31)36(41)27-40(32-19-7-4-8-20-32)46(43,44)34-23-21-33(45-2)22-24-34/h3-10,13-16,19-24,31,35H,11-12,17-18,25-27H2,1-2H3,(H,38,42)/t35-/m0/s1. The zero-order valence-electron chi connectivity index (χ0n) is 26.3. The number of rotatable bonds is 13. The Labute approximate surface area is 272 Å². The Balaban J connectivity index is 1.55. The summed E-state index contributed by atoms with van der Waals surface area (Å²) in [6.07, 6.45) is 4.19. The van der Waals surface area contributed by atoms with E-state index in [1.807, 2.05) is 61.5 Å². The van der Waals surface area contributed by atoms with Crippen LogP contribution in [-0.4, -0.2) is 50.9 Å². The zero-order chi connectivity index (χ0) is 32.5. The molecule has 0 saturated heterocycles. The van der Waals surface area contributed by atoms with Gasteiger partial charge in [-0.05, 0) is 72.9 Å². The minimum Gasteiger partial charge on any atom is -0.497 e. The second-order valence-corrected chi connectivity index (χ2v) is 13.5. The highest BCUT2D eigenvalue weighted by molar-refractivity contribution is 7.92. The number of carbonyl (C=O) groups is 2. The molecule has 1 aliphatic carbocycles. The second kappa shape index (κ2) is 15.1. The fraction of sp³-hybridized carbons (Fsp3) is 0.297. The Morgan fingerprint density at radius 3 is 2.09 bits per heavy atom. The van der Waals surface area contributed by atoms with Gasteiger partial charge in [-0.15, -0.1) is 0 Å². The van der Waals surface area contributed by atoms with E-state index in [0.717, 1.165) is 46.7 Å². The molecule has 9 heteroatoms. The van der Waals surface area contributed by atoms with Crippen LogP contribution >= 0.6 is 0 Å². The number of benzene rings is 4. The monoisotopic (exact) mass is 639 g/mol. The molecule has 0 unspecified atom stereocenters. The topological polar surface area (TPSA) is 96.0 Å². The largest absolute Gasteiger partial charge is 0.497 e. The predicted octanol–water partition coefficient (Wildman–Crippen LogP) is 5.90. The summed E-state index contributed by atoms with van der Waals surface area (Å²) in [5.74, 6) is -0.198. The number of methoxy groups -OCH3 is 1. The van der Waals surface area contributed by atoms with E-state index in [9.17, 15) is 18.0 Å². The lowest BCUT2D eigenvalue weighted by atomic mass is 10.0. The maximum atomic E-state index is 14.6. The average Bonchev–Trinajstić information content (AvgIpc) is 3.59. The molecule has 0 bridgehead atoms. The molecule has 2 amide bonds. The van der Waals surface area contributed by atoms with E-state index in [0.29, 0.717) is 11.4 Å². The van der Waals surface area contributed by atoms with Gasteiger partial charge in [-0.2, -0.15) is 0 Å². The molecule has 8 nitrogen and oxygen atoms in total. The van der Waals surface area contributed by atoms with E-state index in [1.54, 1.807) is 47.4 Å². The first-order chi connectivity index (χ1) is 22.3. The van der Waals surface area contributed by atoms with Gasteiger partial charge in [0.2, 0.25) is 11.8 Å². The number of sulfonamides is 1. The molecule has 0 aliphatic heterocycles. The van der Waals surface area contributed by atoms with Gasteiger partial charge in [0.15, 0.2) is 0 Å². The molecule has 1 N–H and O–H groups in total. The molecule has 0 heterocycles. The van der Waals surface area contributed by atoms with Crippen molar-refractivity contribution in [2.75, 3.05) is 18.0 Å². The number of hydrogen-bond donors (Lipinski definition) is 1. The number of aryl methyl sites for hydroxylation is 1. The molecule has 1 atom stereocenters. The summed E-state index contributed by atoms with van der Waals surface area (Å²) < 4.78 is 34.7. The number of nitrogens with one attached hydrogen (secondary N) is 1. The molecule has 0 radical (unpaired) electrons. The Hall–Kier alpha value is -4.63. The fourth-order valence-corrected chi connectivity index (χ4v) is 7.30. The molecule has 240 valence electrons. The van der Waals surface area contributed by atoms with Crippen LogP contribution in [0.1, 0.15) is 42.4 Å². The normalized spacial score (nSPS) is 14.0. The number of carbonyl (C=O) groups excluding carboxylic acids is 2. The van der Waals surface area contributed by atoms with E-state index in [2.05, 4.69) is 5.32 Å². The van der Waals surface area contributed by atoms with Gasteiger partial charge in [-0.1, -0.05) is 85.6 Å². The number of nitrogens with zero attached hydrogens (tertiary/aromatic N) is 2. The molecule has 0 aromatic heterocycles. The summed E-state index contributed by atoms with van der Waals surface area (Å²) in [5.41, 5.74) is 3.10. The zero-order valence-corrected chi connectivity index (χ0v) is 27.2. The summed E-state index contributed by atoms with van der Waals surface area (Å²) in [7, 11) is -2.67. The van der Waals surface area contributed by atoms with Gasteiger partial charge in [0.25, 0.3) is 10.0 Å². The SMILES string of the molecule is COc1ccc(S(=O)(=O)N(CC(=O)N(Cc2ccccc2C)[C@@H](Cc2ccccc2)C(=O)NC2CCCC2)c2ccccc2)cc1. The molecule has 5 rings (SSSR count). The number of anilines is 1. The van der Waals surface area contributed by atoms with Gasteiger partial charge in [0.05, 0.1) is 17.7 Å². The van der Waals surface area contributed by atoms with Crippen LogP contribution in [0.25, 0.3) is 0 Å². The molecular weight excluding hydrogens is 598 g/mol. The highest BCUT2D eigenvalue weighted by Gasteiger charge is 2.35. The Morgan fingerprint density at radius 2 is 1.46 bits per heavy atom. The summed E-state index contributed by atoms with van der Waals surface area (Å²) in [4.78, 5) is 30.3. The van der Waals surface area contributed by atoms with Crippen LogP contribution in [0.15, 0.2) is 114 Å². The highest BCUT2D eigenvalue weighted by Crippen LogP contribution is 2.27. The molecule has 1 fully saturated rings. The molecule has 0 spiro atoms. The van der Waals surface area contributed by atoms with Gasteiger partial charge >= 0.3 is 0 Å². The van der Waals surface area contributed by atoms with Crippen LogP contribution in [-0.2, 0) is 32.6 Å². The van der Waals surface area contributed by atoms with Crippen molar-refractivity contribution in [3.8, 4) is 5.75 Å². The molecule has 1 saturated carbocycles. The summed E-state index contributed by atoms with van der Waals surface area (Å²) in [5, 5.41) is 3.21. The maximum Gasteiger partial charge on any atom is 0.264 e. The fourth-order valence-electron chi connectivity index (χ4n) is 5.89. The van der Waals surface area contributed by atoms with Gasteiger partial charge in [0.1, 0.15) is 18.3 Å². The van der Waals surface area contributed by atoms with E-state index >= 15 is 0 Å². The summed E-state index contributed by atoms with van der Waals surface area (Å²) >= 11 is 0. The van der Waals surface area contributed by atoms with E-state index in [1.165, 1.54) is 19.2 Å². The third kappa shape index (κ3) is 7.95. The summed E-state index contributed by atoms with van der Waals surface area (Å²) in [6.45, 7) is 1.62. The molecular formula is C37H41N3O5S. The molecule has 4 aromatic carbocycles. The van der Waals surface area contributed by atoms with Gasteiger partial charge in [0, 0.05) is 19.0 Å². The van der Waals surface area contributed by atoms with Crippen molar-refractivity contribution in [2.45, 2.75) is 62.6 Å². The first kappa shape index (κ1) is 32.8. The van der Waals surface area contributed by atoms with Gasteiger partial charge < -0.3 is 15.0 Å². The van der Waals surface area contributed by atoms with E-state index in [4.69, 9.17) is 4.74 Å². The minimum absolute atomic E-state index is 0.0234. The molecule has 1 aliphatic rings. The van der Waals surface area contributed by atoms with Crippen LogP contribution in [0.3, 0.4) is 0 Å². The molecule has 46 heavy (non-hydrogen) atoms. The third-order valence-electron chi connectivity index (χ3n) is 8.55. The number of ether oxygens (including phenoxy) is 1. The number of hydrogen-bond acceptors (Lipinski definition) is 5. The van der Waals surface area contributed by atoms with Gasteiger partial charge in [-0.25, -0.2) is 8.42 Å². The van der Waals surface area contributed by atoms with Crippen LogP contribution in [0.4, 0.5) is 5.69 Å². The lowest BCUT2D eigenvalue weighted by Crippen LogP contribution is -2.54. The van der Waals surface area contributed by atoms with Crippen molar-refractivity contribution in [2.24, 2.45) is 0 Å². The van der Waals surface area contributed by atoms with E-state index in [-0.39, 0.29) is 29.8 Å². The average molecular weight is 640 g/mol. The van der Waals surface area contributed by atoms with Crippen molar-refractivity contribution in [1.82, 2.24) is 10.2 Å². The lowest BCUT2D eigenvalue weighted by Gasteiger charge is -2.34. The van der Waals surface area contributed by atoms with Gasteiger partial charge in [-0.3, -0.25) is 13.9 Å². The smallest absolute Gasteiger partial charge is 0.264 e. The van der Waals surface area contributed by atoms with Crippen molar-refractivity contribution in [1.29, 1.82) is 0 Å².